The summed E-state index contributed by atoms with van der Waals surface area (Å²) < 4.78 is 1.68. The van der Waals surface area contributed by atoms with Crippen molar-refractivity contribution >= 4 is 28.6 Å². The highest BCUT2D eigenvalue weighted by atomic mass is 16.4. The first kappa shape index (κ1) is 21.8. The van der Waals surface area contributed by atoms with Crippen LogP contribution >= 0.6 is 0 Å². The van der Waals surface area contributed by atoms with Crippen molar-refractivity contribution in [2.24, 2.45) is 13.0 Å². The zero-order chi connectivity index (χ0) is 22.8. The molecule has 168 valence electrons. The number of rotatable bonds is 6. The van der Waals surface area contributed by atoms with Gasteiger partial charge in [0.05, 0.1) is 16.8 Å². The molecule has 1 fully saturated rings. The summed E-state index contributed by atoms with van der Waals surface area (Å²) in [5, 5.41) is 15.0. The van der Waals surface area contributed by atoms with Crippen LogP contribution in [-0.2, 0) is 18.4 Å². The Morgan fingerprint density at radius 3 is 2.50 bits per heavy atom. The van der Waals surface area contributed by atoms with Gasteiger partial charge in [0.15, 0.2) is 5.65 Å². The standard InChI is InChI=1S/C24H29N5O3/c1-4-28(15-17-8-6-5-7-9-17)23(30)18-10-12-29(13-11-18)21-19(24(31)32)14-25-22-20(21)16(2)26-27(22)3/h5-9,14,18H,4,10-13,15H2,1-3H3,(H,31,32). The highest BCUT2D eigenvalue weighted by Crippen LogP contribution is 2.35. The highest BCUT2D eigenvalue weighted by Gasteiger charge is 2.31. The van der Waals surface area contributed by atoms with E-state index in [9.17, 15) is 14.7 Å². The zero-order valence-corrected chi connectivity index (χ0v) is 18.8. The van der Waals surface area contributed by atoms with Gasteiger partial charge in [0.2, 0.25) is 5.91 Å². The Labute approximate surface area is 187 Å². The highest BCUT2D eigenvalue weighted by molar-refractivity contribution is 6.05. The van der Waals surface area contributed by atoms with Crippen LogP contribution in [-0.4, -0.2) is 56.3 Å². The molecule has 1 aliphatic heterocycles. The normalized spacial score (nSPS) is 14.7. The number of amides is 1. The first-order valence-electron chi connectivity index (χ1n) is 11.0. The maximum atomic E-state index is 13.2. The molecule has 8 heteroatoms. The molecule has 0 spiro atoms. The number of carbonyl (C=O) groups excluding carboxylic acids is 1. The van der Waals surface area contributed by atoms with Gasteiger partial charge in [-0.1, -0.05) is 30.3 Å². The maximum Gasteiger partial charge on any atom is 0.339 e. The fourth-order valence-corrected chi connectivity index (χ4v) is 4.64. The van der Waals surface area contributed by atoms with Crippen molar-refractivity contribution in [3.63, 3.8) is 0 Å². The van der Waals surface area contributed by atoms with Crippen molar-refractivity contribution in [2.45, 2.75) is 33.2 Å². The number of hydrogen-bond donors (Lipinski definition) is 1. The molecule has 0 bridgehead atoms. The molecule has 0 atom stereocenters. The molecule has 3 aromatic rings. The Morgan fingerprint density at radius 1 is 1.19 bits per heavy atom. The predicted molar refractivity (Wildman–Crippen MR) is 123 cm³/mol. The number of carbonyl (C=O) groups is 2. The van der Waals surface area contributed by atoms with Gasteiger partial charge in [-0.15, -0.1) is 0 Å². The lowest BCUT2D eigenvalue weighted by Gasteiger charge is -2.36. The lowest BCUT2D eigenvalue weighted by Crippen LogP contribution is -2.42. The summed E-state index contributed by atoms with van der Waals surface area (Å²) >= 11 is 0. The largest absolute Gasteiger partial charge is 0.478 e. The summed E-state index contributed by atoms with van der Waals surface area (Å²) in [5.74, 6) is -0.890. The van der Waals surface area contributed by atoms with E-state index in [1.54, 1.807) is 4.68 Å². The summed E-state index contributed by atoms with van der Waals surface area (Å²) in [4.78, 5) is 33.5. The van der Waals surface area contributed by atoms with Crippen LogP contribution in [0.5, 0.6) is 0 Å². The quantitative estimate of drug-likeness (QED) is 0.639. The molecule has 1 N–H and O–H groups in total. The van der Waals surface area contributed by atoms with Gasteiger partial charge >= 0.3 is 5.97 Å². The molecule has 3 heterocycles. The van der Waals surface area contributed by atoms with E-state index in [1.807, 2.05) is 56.1 Å². The number of hydrogen-bond acceptors (Lipinski definition) is 5. The van der Waals surface area contributed by atoms with E-state index in [4.69, 9.17) is 0 Å². The smallest absolute Gasteiger partial charge is 0.339 e. The maximum absolute atomic E-state index is 13.2. The molecule has 2 aromatic heterocycles. The third-order valence-corrected chi connectivity index (χ3v) is 6.30. The zero-order valence-electron chi connectivity index (χ0n) is 18.8. The SMILES string of the molecule is CCN(Cc1ccccc1)C(=O)C1CCN(c2c(C(=O)O)cnc3c2c(C)nn3C)CC1. The van der Waals surface area contributed by atoms with Crippen LogP contribution in [0.4, 0.5) is 5.69 Å². The monoisotopic (exact) mass is 435 g/mol. The number of nitrogens with zero attached hydrogens (tertiary/aromatic N) is 5. The molecule has 0 saturated carbocycles. The summed E-state index contributed by atoms with van der Waals surface area (Å²) in [6.45, 7) is 6.39. The minimum atomic E-state index is -1.00. The number of aromatic carboxylic acids is 1. The first-order chi connectivity index (χ1) is 15.4. The minimum Gasteiger partial charge on any atom is -0.478 e. The van der Waals surface area contributed by atoms with Crippen molar-refractivity contribution < 1.29 is 14.7 Å². The van der Waals surface area contributed by atoms with Gasteiger partial charge in [0.25, 0.3) is 0 Å². The van der Waals surface area contributed by atoms with Gasteiger partial charge in [0.1, 0.15) is 5.56 Å². The van der Waals surface area contributed by atoms with Gasteiger partial charge in [-0.3, -0.25) is 9.48 Å². The van der Waals surface area contributed by atoms with Crippen LogP contribution in [0.2, 0.25) is 0 Å². The van der Waals surface area contributed by atoms with E-state index in [-0.39, 0.29) is 17.4 Å². The Balaban J connectivity index is 1.54. The van der Waals surface area contributed by atoms with Crippen LogP contribution in [0, 0.1) is 12.8 Å². The number of aryl methyl sites for hydroxylation is 2. The van der Waals surface area contributed by atoms with E-state index in [0.29, 0.717) is 50.4 Å². The summed E-state index contributed by atoms with van der Waals surface area (Å²) in [6, 6.07) is 10.0. The Kier molecular flexibility index (Phi) is 6.12. The fourth-order valence-electron chi connectivity index (χ4n) is 4.64. The number of pyridine rings is 1. The summed E-state index contributed by atoms with van der Waals surface area (Å²) in [5.41, 5.74) is 3.39. The lowest BCUT2D eigenvalue weighted by atomic mass is 9.93. The van der Waals surface area contributed by atoms with Gasteiger partial charge in [-0.25, -0.2) is 9.78 Å². The second kappa shape index (κ2) is 8.98. The van der Waals surface area contributed by atoms with E-state index in [0.717, 1.165) is 16.6 Å². The number of piperidine rings is 1. The molecule has 32 heavy (non-hydrogen) atoms. The molecule has 1 saturated heterocycles. The van der Waals surface area contributed by atoms with Crippen molar-refractivity contribution in [1.29, 1.82) is 0 Å². The van der Waals surface area contributed by atoms with Gasteiger partial charge in [0, 0.05) is 45.3 Å². The Bertz CT molecular complexity index is 1130. The molecule has 0 unspecified atom stereocenters. The molecule has 1 aliphatic rings. The van der Waals surface area contributed by atoms with Crippen LogP contribution in [0.25, 0.3) is 11.0 Å². The molecule has 4 rings (SSSR count). The molecule has 8 nitrogen and oxygen atoms in total. The molecule has 1 amide bonds. The van der Waals surface area contributed by atoms with Crippen LogP contribution in [0.3, 0.4) is 0 Å². The van der Waals surface area contributed by atoms with E-state index >= 15 is 0 Å². The number of carboxylic acids is 1. The average Bonchev–Trinajstić information content (AvgIpc) is 3.10. The van der Waals surface area contributed by atoms with Crippen LogP contribution in [0.15, 0.2) is 36.5 Å². The Morgan fingerprint density at radius 2 is 1.88 bits per heavy atom. The van der Waals surface area contributed by atoms with E-state index in [1.165, 1.54) is 6.20 Å². The molecule has 0 aliphatic carbocycles. The topological polar surface area (TPSA) is 91.6 Å². The number of aromatic nitrogens is 3. The molecular weight excluding hydrogens is 406 g/mol. The number of fused-ring (bicyclic) bond motifs is 1. The third-order valence-electron chi connectivity index (χ3n) is 6.30. The van der Waals surface area contributed by atoms with Crippen molar-refractivity contribution in [2.75, 3.05) is 24.5 Å². The van der Waals surface area contributed by atoms with Crippen molar-refractivity contribution in [1.82, 2.24) is 19.7 Å². The first-order valence-corrected chi connectivity index (χ1v) is 11.0. The van der Waals surface area contributed by atoms with Gasteiger partial charge < -0.3 is 14.9 Å². The number of anilines is 1. The molecule has 1 aromatic carbocycles. The summed E-state index contributed by atoms with van der Waals surface area (Å²) in [7, 11) is 1.81. The summed E-state index contributed by atoms with van der Waals surface area (Å²) in [6.07, 6.45) is 2.79. The minimum absolute atomic E-state index is 0.0597. The van der Waals surface area contributed by atoms with Crippen LogP contribution < -0.4 is 4.90 Å². The second-order valence-corrected chi connectivity index (χ2v) is 8.33. The van der Waals surface area contributed by atoms with Crippen molar-refractivity contribution in [3.05, 3.63) is 53.3 Å². The fraction of sp³-hybridized carbons (Fsp3) is 0.417. The number of carboxylic acid groups (broad SMARTS) is 1. The van der Waals surface area contributed by atoms with Crippen LogP contribution in [0.1, 0.15) is 41.4 Å². The third kappa shape index (κ3) is 4.04. The number of benzene rings is 1. The van der Waals surface area contributed by atoms with E-state index < -0.39 is 5.97 Å². The molecule has 0 radical (unpaired) electrons. The average molecular weight is 436 g/mol. The second-order valence-electron chi connectivity index (χ2n) is 8.33. The van der Waals surface area contributed by atoms with Gasteiger partial charge in [-0.05, 0) is 32.3 Å². The van der Waals surface area contributed by atoms with E-state index in [2.05, 4.69) is 15.0 Å². The Hall–Kier alpha value is -3.42. The molecular formula is C24H29N5O3. The van der Waals surface area contributed by atoms with Gasteiger partial charge in [-0.2, -0.15) is 5.10 Å². The predicted octanol–water partition coefficient (Wildman–Crippen LogP) is 3.24. The van der Waals surface area contributed by atoms with Crippen molar-refractivity contribution in [3.8, 4) is 0 Å². The lowest BCUT2D eigenvalue weighted by molar-refractivity contribution is -0.136.